The van der Waals surface area contributed by atoms with E-state index < -0.39 is 34.8 Å². The van der Waals surface area contributed by atoms with Crippen LogP contribution >= 0.6 is 0 Å². The highest BCUT2D eigenvalue weighted by atomic mass is 16.6. The molecule has 2 atom stereocenters. The zero-order valence-corrected chi connectivity index (χ0v) is 15.4. The summed E-state index contributed by atoms with van der Waals surface area (Å²) in [5.74, 6) is -1.52. The van der Waals surface area contributed by atoms with Crippen molar-refractivity contribution in [2.75, 3.05) is 11.5 Å². The minimum Gasteiger partial charge on any atom is -0.469 e. The van der Waals surface area contributed by atoms with Crippen molar-refractivity contribution in [3.05, 3.63) is 58.1 Å². The van der Waals surface area contributed by atoms with E-state index in [0.717, 1.165) is 4.90 Å². The number of rotatable bonds is 6. The van der Waals surface area contributed by atoms with E-state index >= 15 is 0 Å². The number of nitrogens with zero attached hydrogens (tertiary/aromatic N) is 3. The second-order valence-electron chi connectivity index (χ2n) is 6.21. The highest BCUT2D eigenvalue weighted by Gasteiger charge is 2.44. The van der Waals surface area contributed by atoms with Crippen molar-refractivity contribution in [3.63, 3.8) is 0 Å². The molecule has 0 saturated carbocycles. The van der Waals surface area contributed by atoms with Gasteiger partial charge in [0, 0.05) is 11.6 Å². The van der Waals surface area contributed by atoms with Crippen molar-refractivity contribution in [2.24, 2.45) is 0 Å². The number of hydrogen-bond acceptors (Lipinski definition) is 7. The summed E-state index contributed by atoms with van der Waals surface area (Å²) in [6.07, 6.45) is -0.374. The van der Waals surface area contributed by atoms with Crippen molar-refractivity contribution in [1.29, 1.82) is 0 Å². The molecule has 1 aromatic heterocycles. The number of esters is 1. The molecule has 1 amide bonds. The molecule has 0 radical (unpaired) electrons. The molecule has 146 valence electrons. The molecule has 0 N–H and O–H groups in total. The Balaban J connectivity index is 2.05. The summed E-state index contributed by atoms with van der Waals surface area (Å²) in [5.41, 5.74) is 0.593. The van der Waals surface area contributed by atoms with Crippen LogP contribution in [0.5, 0.6) is 5.75 Å². The van der Waals surface area contributed by atoms with Crippen molar-refractivity contribution in [2.45, 2.75) is 32.4 Å². The van der Waals surface area contributed by atoms with Gasteiger partial charge in [0.1, 0.15) is 6.04 Å². The number of hydrogen-bond donors (Lipinski definition) is 0. The van der Waals surface area contributed by atoms with Crippen LogP contribution in [0.1, 0.15) is 31.9 Å². The van der Waals surface area contributed by atoms with E-state index in [0.29, 0.717) is 12.0 Å². The van der Waals surface area contributed by atoms with Gasteiger partial charge in [-0.05, 0) is 29.3 Å². The van der Waals surface area contributed by atoms with E-state index in [4.69, 9.17) is 9.47 Å². The summed E-state index contributed by atoms with van der Waals surface area (Å²) in [5, 5.41) is 11.1. The molecular weight excluding hydrogens is 366 g/mol. The molecule has 3 rings (SSSR count). The third-order valence-electron chi connectivity index (χ3n) is 4.23. The van der Waals surface area contributed by atoms with Crippen LogP contribution in [0.15, 0.2) is 42.5 Å². The number of carbonyl (C=O) groups is 2. The van der Waals surface area contributed by atoms with Crippen LogP contribution in [0.2, 0.25) is 0 Å². The number of aromatic nitrogens is 1. The average Bonchev–Trinajstić information content (AvgIpc) is 2.71. The Kier molecular flexibility index (Phi) is 5.53. The summed E-state index contributed by atoms with van der Waals surface area (Å²) < 4.78 is 10.9. The van der Waals surface area contributed by atoms with Gasteiger partial charge in [-0.15, -0.1) is 0 Å². The lowest BCUT2D eigenvalue weighted by Crippen LogP contribution is -2.50. The molecule has 9 heteroatoms. The number of nitro groups is 1. The first-order valence-corrected chi connectivity index (χ1v) is 8.80. The number of amides is 1. The first-order chi connectivity index (χ1) is 13.4. The van der Waals surface area contributed by atoms with Gasteiger partial charge in [0.25, 0.3) is 11.7 Å². The third-order valence-corrected chi connectivity index (χ3v) is 4.23. The maximum absolute atomic E-state index is 13.2. The van der Waals surface area contributed by atoms with Crippen LogP contribution < -0.4 is 9.64 Å². The molecule has 2 aromatic rings. The van der Waals surface area contributed by atoms with E-state index in [2.05, 4.69) is 4.98 Å². The predicted molar refractivity (Wildman–Crippen MR) is 98.9 cm³/mol. The topological polar surface area (TPSA) is 112 Å². The SMILES string of the molecule is CCCOC(=O)C(C)N1C(=O)C(c2ccccc2)Oc2ccc([N+](=O)[O-])nc21. The van der Waals surface area contributed by atoms with Crippen molar-refractivity contribution >= 4 is 23.5 Å². The minimum atomic E-state index is -1.03. The van der Waals surface area contributed by atoms with Crippen LogP contribution in [-0.2, 0) is 14.3 Å². The zero-order chi connectivity index (χ0) is 20.3. The molecule has 1 aliphatic heterocycles. The second-order valence-corrected chi connectivity index (χ2v) is 6.21. The summed E-state index contributed by atoms with van der Waals surface area (Å²) >= 11 is 0. The summed E-state index contributed by atoms with van der Waals surface area (Å²) in [7, 11) is 0. The standard InChI is InChI=1S/C19H19N3O6/c1-3-11-27-19(24)12(2)21-17-14(9-10-15(20-17)22(25)26)28-16(18(21)23)13-7-5-4-6-8-13/h4-10,12,16H,3,11H2,1-2H3. The van der Waals surface area contributed by atoms with Crippen molar-refractivity contribution in [1.82, 2.24) is 4.98 Å². The third kappa shape index (κ3) is 3.64. The molecule has 28 heavy (non-hydrogen) atoms. The highest BCUT2D eigenvalue weighted by Crippen LogP contribution is 2.39. The van der Waals surface area contributed by atoms with Crippen LogP contribution in [0.4, 0.5) is 11.6 Å². The Morgan fingerprint density at radius 2 is 2.04 bits per heavy atom. The van der Waals surface area contributed by atoms with Gasteiger partial charge in [0.15, 0.2) is 5.75 Å². The molecule has 2 heterocycles. The van der Waals surface area contributed by atoms with Gasteiger partial charge in [0.05, 0.1) is 6.61 Å². The maximum atomic E-state index is 13.2. The molecule has 0 aliphatic carbocycles. The molecule has 0 bridgehead atoms. The van der Waals surface area contributed by atoms with E-state index in [9.17, 15) is 19.7 Å². The Hall–Kier alpha value is -3.49. The van der Waals surface area contributed by atoms with Gasteiger partial charge in [-0.3, -0.25) is 9.69 Å². The summed E-state index contributed by atoms with van der Waals surface area (Å²) in [6, 6.07) is 10.3. The zero-order valence-electron chi connectivity index (χ0n) is 15.4. The fourth-order valence-corrected chi connectivity index (χ4v) is 2.84. The number of benzene rings is 1. The van der Waals surface area contributed by atoms with Gasteiger partial charge in [-0.25, -0.2) is 4.79 Å². The highest BCUT2D eigenvalue weighted by molar-refractivity contribution is 6.04. The van der Waals surface area contributed by atoms with Crippen molar-refractivity contribution in [3.8, 4) is 5.75 Å². The Labute approximate surface area is 161 Å². The van der Waals surface area contributed by atoms with Crippen LogP contribution in [0, 0.1) is 10.1 Å². The van der Waals surface area contributed by atoms with Crippen LogP contribution in [-0.4, -0.2) is 34.4 Å². The lowest BCUT2D eigenvalue weighted by molar-refractivity contribution is -0.389. The number of pyridine rings is 1. The van der Waals surface area contributed by atoms with Gasteiger partial charge in [-0.1, -0.05) is 37.3 Å². The minimum absolute atomic E-state index is 0.0765. The molecule has 0 fully saturated rings. The first-order valence-electron chi connectivity index (χ1n) is 8.80. The monoisotopic (exact) mass is 385 g/mol. The van der Waals surface area contributed by atoms with Crippen molar-refractivity contribution < 1.29 is 24.0 Å². The maximum Gasteiger partial charge on any atom is 0.366 e. The van der Waals surface area contributed by atoms with E-state index in [1.165, 1.54) is 19.1 Å². The largest absolute Gasteiger partial charge is 0.469 e. The first kappa shape index (κ1) is 19.3. The molecule has 0 saturated heterocycles. The Morgan fingerprint density at radius 3 is 2.68 bits per heavy atom. The predicted octanol–water partition coefficient (Wildman–Crippen LogP) is 2.80. The van der Waals surface area contributed by atoms with E-state index in [1.807, 2.05) is 6.92 Å². The second kappa shape index (κ2) is 8.03. The van der Waals surface area contributed by atoms with Gasteiger partial charge >= 0.3 is 11.8 Å². The van der Waals surface area contributed by atoms with Gasteiger partial charge in [0.2, 0.25) is 6.10 Å². The summed E-state index contributed by atoms with van der Waals surface area (Å²) in [6.45, 7) is 3.55. The average molecular weight is 385 g/mol. The molecular formula is C19H19N3O6. The summed E-state index contributed by atoms with van der Waals surface area (Å²) in [4.78, 5) is 41.1. The molecule has 1 aliphatic rings. The number of carbonyl (C=O) groups excluding carboxylic acids is 2. The lowest BCUT2D eigenvalue weighted by atomic mass is 10.1. The van der Waals surface area contributed by atoms with E-state index in [1.54, 1.807) is 30.3 Å². The molecule has 9 nitrogen and oxygen atoms in total. The molecule has 1 aromatic carbocycles. The fraction of sp³-hybridized carbons (Fsp3) is 0.316. The molecule has 2 unspecified atom stereocenters. The molecule has 0 spiro atoms. The number of fused-ring (bicyclic) bond motifs is 1. The van der Waals surface area contributed by atoms with E-state index in [-0.39, 0.29) is 18.2 Å². The normalized spacial score (nSPS) is 16.7. The smallest absolute Gasteiger partial charge is 0.366 e. The Morgan fingerprint density at radius 1 is 1.32 bits per heavy atom. The van der Waals surface area contributed by atoms with Crippen LogP contribution in [0.25, 0.3) is 0 Å². The lowest BCUT2D eigenvalue weighted by Gasteiger charge is -2.33. The number of anilines is 1. The number of ether oxygens (including phenoxy) is 2. The van der Waals surface area contributed by atoms with Gasteiger partial charge in [-0.2, -0.15) is 0 Å². The quantitative estimate of drug-likeness (QED) is 0.427. The fourth-order valence-electron chi connectivity index (χ4n) is 2.84. The van der Waals surface area contributed by atoms with Gasteiger partial charge < -0.3 is 19.6 Å². The Bertz CT molecular complexity index is 902. The van der Waals surface area contributed by atoms with Crippen LogP contribution in [0.3, 0.4) is 0 Å².